The number of hydrogen-bond donors (Lipinski definition) is 1. The minimum atomic E-state index is -4.93. The van der Waals surface area contributed by atoms with Crippen LogP contribution in [0.4, 0.5) is 26.3 Å². The molecule has 186 valence electrons. The van der Waals surface area contributed by atoms with E-state index in [-0.39, 0.29) is 36.6 Å². The van der Waals surface area contributed by atoms with Gasteiger partial charge in [0, 0.05) is 24.6 Å². The highest BCUT2D eigenvalue weighted by atomic mass is 19.4. The first-order valence-corrected chi connectivity index (χ1v) is 10.6. The number of aryl methyl sites for hydroxylation is 1. The number of benzene rings is 2. The molecule has 0 bridgehead atoms. The molecule has 1 amide bonds. The van der Waals surface area contributed by atoms with Gasteiger partial charge in [0.2, 0.25) is 0 Å². The highest BCUT2D eigenvalue weighted by Crippen LogP contribution is 2.36. The number of ether oxygens (including phenoxy) is 1. The first-order valence-electron chi connectivity index (χ1n) is 10.6. The lowest BCUT2D eigenvalue weighted by molar-refractivity contribution is -0.671. The van der Waals surface area contributed by atoms with Crippen molar-refractivity contribution in [1.82, 2.24) is 5.32 Å². The van der Waals surface area contributed by atoms with Crippen LogP contribution < -0.4 is 9.88 Å². The Kier molecular flexibility index (Phi) is 8.16. The van der Waals surface area contributed by atoms with Crippen molar-refractivity contribution in [3.63, 3.8) is 0 Å². The van der Waals surface area contributed by atoms with Crippen LogP contribution in [0.5, 0.6) is 0 Å². The highest BCUT2D eigenvalue weighted by Gasteiger charge is 2.36. The number of nitrogens with zero attached hydrogens (tertiary/aromatic N) is 1. The lowest BCUT2D eigenvalue weighted by Crippen LogP contribution is -2.32. The van der Waals surface area contributed by atoms with Gasteiger partial charge >= 0.3 is 12.4 Å². The average Bonchev–Trinajstić information content (AvgIpc) is 2.80. The van der Waals surface area contributed by atoms with Crippen LogP contribution in [0.1, 0.15) is 38.5 Å². The lowest BCUT2D eigenvalue weighted by atomic mass is 9.99. The van der Waals surface area contributed by atoms with Gasteiger partial charge in [-0.3, -0.25) is 4.79 Å². The smallest absolute Gasteiger partial charge is 0.376 e. The van der Waals surface area contributed by atoms with E-state index in [1.807, 2.05) is 7.05 Å². The standard InChI is InChI=1S/C25H22F6N2O2/c1-33-9-7-19(8-10-33)23(34)32-14-20(18-5-3-2-4-6-18)16-35-15-17-11-21(24(26,27)28)13-22(12-17)25(29,30)31/h2-13,20H,14-16H2,1H3/p+1. The molecule has 1 heterocycles. The zero-order chi connectivity index (χ0) is 25.6. The minimum absolute atomic E-state index is 0.0361. The molecule has 10 heteroatoms. The van der Waals surface area contributed by atoms with Crippen molar-refractivity contribution < 1.29 is 40.4 Å². The van der Waals surface area contributed by atoms with Crippen molar-refractivity contribution in [2.24, 2.45) is 7.05 Å². The molecule has 35 heavy (non-hydrogen) atoms. The number of alkyl halides is 6. The number of halogens is 6. The number of rotatable bonds is 8. The molecule has 0 saturated carbocycles. The summed E-state index contributed by atoms with van der Waals surface area (Å²) < 4.78 is 85.9. The van der Waals surface area contributed by atoms with Crippen LogP contribution in [0.15, 0.2) is 73.1 Å². The van der Waals surface area contributed by atoms with Crippen molar-refractivity contribution in [2.45, 2.75) is 24.9 Å². The van der Waals surface area contributed by atoms with E-state index < -0.39 is 30.1 Å². The summed E-state index contributed by atoms with van der Waals surface area (Å²) in [4.78, 5) is 12.5. The van der Waals surface area contributed by atoms with Gasteiger partial charge in [0.05, 0.1) is 29.9 Å². The normalized spacial score (nSPS) is 12.9. The Morgan fingerprint density at radius 2 is 1.49 bits per heavy atom. The molecule has 0 saturated heterocycles. The molecule has 1 aromatic heterocycles. The molecule has 4 nitrogen and oxygen atoms in total. The molecule has 3 aromatic rings. The SMILES string of the molecule is C[n+]1ccc(C(=O)NCC(COCc2cc(C(F)(F)F)cc(C(F)(F)F)c2)c2ccccc2)cc1. The largest absolute Gasteiger partial charge is 0.416 e. The van der Waals surface area contributed by atoms with Crippen LogP contribution in [-0.4, -0.2) is 19.1 Å². The molecule has 1 unspecified atom stereocenters. The van der Waals surface area contributed by atoms with Gasteiger partial charge in [0.25, 0.3) is 5.91 Å². The fourth-order valence-electron chi connectivity index (χ4n) is 3.39. The van der Waals surface area contributed by atoms with Crippen LogP contribution in [-0.2, 0) is 30.7 Å². The van der Waals surface area contributed by atoms with Crippen LogP contribution in [0.2, 0.25) is 0 Å². The van der Waals surface area contributed by atoms with E-state index in [1.54, 1.807) is 59.4 Å². The third kappa shape index (κ3) is 7.54. The Balaban J connectivity index is 1.71. The van der Waals surface area contributed by atoms with E-state index >= 15 is 0 Å². The van der Waals surface area contributed by atoms with Crippen LogP contribution >= 0.6 is 0 Å². The predicted octanol–water partition coefficient (Wildman–Crippen LogP) is 5.28. The number of pyridine rings is 1. The Morgan fingerprint density at radius 3 is 2.03 bits per heavy atom. The molecule has 1 atom stereocenters. The Bertz CT molecular complexity index is 1100. The first-order chi connectivity index (χ1) is 16.4. The number of amides is 1. The van der Waals surface area contributed by atoms with Crippen molar-refractivity contribution in [2.75, 3.05) is 13.2 Å². The monoisotopic (exact) mass is 497 g/mol. The van der Waals surface area contributed by atoms with Gasteiger partial charge in [-0.15, -0.1) is 0 Å². The van der Waals surface area contributed by atoms with E-state index in [1.165, 1.54) is 0 Å². The van der Waals surface area contributed by atoms with Crippen molar-refractivity contribution in [3.05, 3.63) is 101 Å². The molecule has 1 N–H and O–H groups in total. The van der Waals surface area contributed by atoms with Gasteiger partial charge in [0.15, 0.2) is 12.4 Å². The summed E-state index contributed by atoms with van der Waals surface area (Å²) in [5.41, 5.74) is -1.80. The molecule has 0 aliphatic carbocycles. The molecular weight excluding hydrogens is 474 g/mol. The second kappa shape index (κ2) is 10.9. The molecule has 0 spiro atoms. The zero-order valence-electron chi connectivity index (χ0n) is 18.7. The van der Waals surface area contributed by atoms with Gasteiger partial charge in [-0.05, 0) is 29.3 Å². The Hall–Kier alpha value is -3.40. The number of hydrogen-bond acceptors (Lipinski definition) is 2. The van der Waals surface area contributed by atoms with Gasteiger partial charge < -0.3 is 10.1 Å². The molecule has 2 aromatic carbocycles. The van der Waals surface area contributed by atoms with E-state index in [2.05, 4.69) is 5.32 Å². The summed E-state index contributed by atoms with van der Waals surface area (Å²) in [6, 6.07) is 13.6. The second-order valence-electron chi connectivity index (χ2n) is 8.00. The van der Waals surface area contributed by atoms with Gasteiger partial charge in [-0.1, -0.05) is 30.3 Å². The second-order valence-corrected chi connectivity index (χ2v) is 8.00. The maximum Gasteiger partial charge on any atom is 0.416 e. The fourth-order valence-corrected chi connectivity index (χ4v) is 3.39. The quantitative estimate of drug-likeness (QED) is 0.340. The maximum atomic E-state index is 13.1. The minimum Gasteiger partial charge on any atom is -0.376 e. The van der Waals surface area contributed by atoms with E-state index in [9.17, 15) is 31.1 Å². The van der Waals surface area contributed by atoms with Crippen molar-refractivity contribution in [1.29, 1.82) is 0 Å². The third-order valence-corrected chi connectivity index (χ3v) is 5.26. The van der Waals surface area contributed by atoms with Gasteiger partial charge in [-0.2, -0.15) is 26.3 Å². The Labute approximate surface area is 198 Å². The summed E-state index contributed by atoms with van der Waals surface area (Å²) in [7, 11) is 1.81. The summed E-state index contributed by atoms with van der Waals surface area (Å²) in [5, 5.41) is 2.80. The van der Waals surface area contributed by atoms with Crippen LogP contribution in [0, 0.1) is 0 Å². The van der Waals surface area contributed by atoms with E-state index in [4.69, 9.17) is 4.74 Å². The molecular formula is C25H23F6N2O2+. The lowest BCUT2D eigenvalue weighted by Gasteiger charge is -2.19. The molecule has 0 aliphatic heterocycles. The topological polar surface area (TPSA) is 42.2 Å². The van der Waals surface area contributed by atoms with Crippen molar-refractivity contribution in [3.8, 4) is 0 Å². The number of carbonyl (C=O) groups excluding carboxylic acids is 1. The predicted molar refractivity (Wildman–Crippen MR) is 115 cm³/mol. The van der Waals surface area contributed by atoms with Gasteiger partial charge in [-0.25, -0.2) is 4.57 Å². The fraction of sp³-hybridized carbons (Fsp3) is 0.280. The van der Waals surface area contributed by atoms with Crippen LogP contribution in [0.25, 0.3) is 0 Å². The van der Waals surface area contributed by atoms with Crippen molar-refractivity contribution >= 4 is 5.91 Å². The molecule has 0 aliphatic rings. The number of carbonyl (C=O) groups is 1. The zero-order valence-corrected chi connectivity index (χ0v) is 18.7. The summed E-state index contributed by atoms with van der Waals surface area (Å²) >= 11 is 0. The van der Waals surface area contributed by atoms with Crippen LogP contribution in [0.3, 0.4) is 0 Å². The highest BCUT2D eigenvalue weighted by molar-refractivity contribution is 5.93. The third-order valence-electron chi connectivity index (χ3n) is 5.26. The summed E-state index contributed by atoms with van der Waals surface area (Å²) in [5.74, 6) is -0.702. The molecule has 0 radical (unpaired) electrons. The molecule has 0 fully saturated rings. The summed E-state index contributed by atoms with van der Waals surface area (Å²) in [6.45, 7) is -0.342. The van der Waals surface area contributed by atoms with E-state index in [0.29, 0.717) is 17.7 Å². The summed E-state index contributed by atoms with van der Waals surface area (Å²) in [6.07, 6.45) is -6.42. The maximum absolute atomic E-state index is 13.1. The number of aromatic nitrogens is 1. The van der Waals surface area contributed by atoms with Gasteiger partial charge in [0.1, 0.15) is 7.05 Å². The first kappa shape index (κ1) is 26.2. The Morgan fingerprint density at radius 1 is 0.914 bits per heavy atom. The molecule has 3 rings (SSSR count). The number of nitrogens with one attached hydrogen (secondary N) is 1. The van der Waals surface area contributed by atoms with E-state index in [0.717, 1.165) is 5.56 Å². The average molecular weight is 497 g/mol.